The third kappa shape index (κ3) is 2.72. The number of anilines is 2. The first-order chi connectivity index (χ1) is 13.7. The zero-order valence-corrected chi connectivity index (χ0v) is 16.1. The molecule has 0 atom stereocenters. The number of rotatable bonds is 4. The number of H-pyrrole nitrogens is 1. The van der Waals surface area contributed by atoms with E-state index < -0.39 is 0 Å². The Hall–Kier alpha value is -3.59. The van der Waals surface area contributed by atoms with Gasteiger partial charge in [0.2, 0.25) is 5.82 Å². The molecule has 0 saturated carbocycles. The summed E-state index contributed by atoms with van der Waals surface area (Å²) in [5.41, 5.74) is 5.04. The molecule has 1 aromatic carbocycles. The lowest BCUT2D eigenvalue weighted by atomic mass is 10.1. The van der Waals surface area contributed by atoms with E-state index in [2.05, 4.69) is 65.9 Å². The molecule has 8 nitrogen and oxygen atoms in total. The zero-order valence-electron chi connectivity index (χ0n) is 15.2. The van der Waals surface area contributed by atoms with Gasteiger partial charge in [-0.3, -0.25) is 0 Å². The SMILES string of the molecule is Cc1cc(N(C)c2ccc(-c3ccsc3-c3nn[nH]n3)cc2)n2nccc2n1. The summed E-state index contributed by atoms with van der Waals surface area (Å²) in [5.74, 6) is 1.57. The maximum Gasteiger partial charge on any atom is 0.215 e. The summed E-state index contributed by atoms with van der Waals surface area (Å²) < 4.78 is 1.84. The van der Waals surface area contributed by atoms with Crippen molar-refractivity contribution in [2.45, 2.75) is 6.92 Å². The number of tetrazole rings is 1. The second-order valence-corrected chi connectivity index (χ2v) is 7.28. The lowest BCUT2D eigenvalue weighted by Gasteiger charge is -2.21. The van der Waals surface area contributed by atoms with Gasteiger partial charge in [0.25, 0.3) is 0 Å². The number of aryl methyl sites for hydroxylation is 1. The number of hydrogen-bond acceptors (Lipinski definition) is 7. The monoisotopic (exact) mass is 388 g/mol. The molecule has 0 aliphatic carbocycles. The highest BCUT2D eigenvalue weighted by Crippen LogP contribution is 2.35. The van der Waals surface area contributed by atoms with E-state index in [0.717, 1.165) is 38.9 Å². The van der Waals surface area contributed by atoms with Crippen LogP contribution < -0.4 is 4.90 Å². The Labute approximate surface area is 164 Å². The first-order valence-electron chi connectivity index (χ1n) is 8.67. The molecule has 0 unspecified atom stereocenters. The van der Waals surface area contributed by atoms with Crippen LogP contribution in [0.1, 0.15) is 5.69 Å². The summed E-state index contributed by atoms with van der Waals surface area (Å²) in [5, 5.41) is 20.8. The summed E-state index contributed by atoms with van der Waals surface area (Å²) in [4.78, 5) is 7.61. The van der Waals surface area contributed by atoms with E-state index in [1.165, 1.54) is 0 Å². The van der Waals surface area contributed by atoms with E-state index in [1.807, 2.05) is 36.0 Å². The molecule has 0 fully saturated rings. The summed E-state index contributed by atoms with van der Waals surface area (Å²) >= 11 is 1.60. The number of aromatic nitrogens is 7. The van der Waals surface area contributed by atoms with Gasteiger partial charge in [0.15, 0.2) is 5.65 Å². The molecule has 0 amide bonds. The Morgan fingerprint density at radius 3 is 2.75 bits per heavy atom. The molecule has 138 valence electrons. The predicted octanol–water partition coefficient (Wildman–Crippen LogP) is 3.71. The number of thiophene rings is 1. The van der Waals surface area contributed by atoms with Crippen molar-refractivity contribution in [2.24, 2.45) is 0 Å². The number of fused-ring (bicyclic) bond motifs is 1. The second kappa shape index (κ2) is 6.54. The van der Waals surface area contributed by atoms with Crippen molar-refractivity contribution >= 4 is 28.5 Å². The van der Waals surface area contributed by atoms with Gasteiger partial charge in [-0.25, -0.2) is 4.98 Å². The van der Waals surface area contributed by atoms with Crippen molar-refractivity contribution < 1.29 is 0 Å². The standard InChI is InChI=1S/C19H16N8S/c1-12-11-17(27-16(21-12)7-9-20-27)26(2)14-5-3-13(4-6-14)15-8-10-28-18(15)19-22-24-25-23-19/h3-11H,1-2H3,(H,22,23,24,25). The highest BCUT2D eigenvalue weighted by molar-refractivity contribution is 7.14. The Morgan fingerprint density at radius 2 is 1.96 bits per heavy atom. The first-order valence-corrected chi connectivity index (χ1v) is 9.55. The maximum atomic E-state index is 4.51. The molecule has 9 heteroatoms. The summed E-state index contributed by atoms with van der Waals surface area (Å²) in [7, 11) is 2.03. The topological polar surface area (TPSA) is 87.9 Å². The quantitative estimate of drug-likeness (QED) is 0.505. The summed E-state index contributed by atoms with van der Waals surface area (Å²) in [6.45, 7) is 1.99. The van der Waals surface area contributed by atoms with Crippen LogP contribution in [-0.4, -0.2) is 42.3 Å². The third-order valence-corrected chi connectivity index (χ3v) is 5.50. The van der Waals surface area contributed by atoms with E-state index >= 15 is 0 Å². The lowest BCUT2D eigenvalue weighted by Crippen LogP contribution is -2.14. The maximum absolute atomic E-state index is 4.51. The van der Waals surface area contributed by atoms with Crippen molar-refractivity contribution in [3.63, 3.8) is 0 Å². The molecule has 1 N–H and O–H groups in total. The van der Waals surface area contributed by atoms with Crippen LogP contribution in [0.15, 0.2) is 54.0 Å². The predicted molar refractivity (Wildman–Crippen MR) is 109 cm³/mol. The largest absolute Gasteiger partial charge is 0.329 e. The minimum atomic E-state index is 0.611. The molecule has 5 rings (SSSR count). The van der Waals surface area contributed by atoms with Crippen molar-refractivity contribution in [3.8, 4) is 21.8 Å². The molecule has 0 aliphatic rings. The van der Waals surface area contributed by atoms with Gasteiger partial charge in [-0.1, -0.05) is 12.1 Å². The molecule has 0 spiro atoms. The molecule has 0 aliphatic heterocycles. The number of aromatic amines is 1. The molecule has 0 bridgehead atoms. The van der Waals surface area contributed by atoms with Gasteiger partial charge in [0.1, 0.15) is 5.82 Å². The fourth-order valence-electron chi connectivity index (χ4n) is 3.22. The number of hydrogen-bond donors (Lipinski definition) is 1. The van der Waals surface area contributed by atoms with Crippen molar-refractivity contribution in [2.75, 3.05) is 11.9 Å². The van der Waals surface area contributed by atoms with Crippen LogP contribution in [0.3, 0.4) is 0 Å². The van der Waals surface area contributed by atoms with E-state index in [0.29, 0.717) is 5.82 Å². The average molecular weight is 388 g/mol. The highest BCUT2D eigenvalue weighted by Gasteiger charge is 2.14. The number of nitrogens with one attached hydrogen (secondary N) is 1. The van der Waals surface area contributed by atoms with Crippen LogP contribution in [-0.2, 0) is 0 Å². The highest BCUT2D eigenvalue weighted by atomic mass is 32.1. The van der Waals surface area contributed by atoms with Crippen LogP contribution in [0.4, 0.5) is 11.5 Å². The Morgan fingerprint density at radius 1 is 1.11 bits per heavy atom. The molecule has 5 aromatic rings. The zero-order chi connectivity index (χ0) is 19.1. The molecule has 0 saturated heterocycles. The minimum Gasteiger partial charge on any atom is -0.329 e. The van der Waals surface area contributed by atoms with Gasteiger partial charge in [-0.2, -0.15) is 14.8 Å². The minimum absolute atomic E-state index is 0.611. The number of nitrogens with zero attached hydrogens (tertiary/aromatic N) is 7. The van der Waals surface area contributed by atoms with Gasteiger partial charge >= 0.3 is 0 Å². The van der Waals surface area contributed by atoms with E-state index in [-0.39, 0.29) is 0 Å². The number of benzene rings is 1. The van der Waals surface area contributed by atoms with Crippen molar-refractivity contribution in [1.82, 2.24) is 35.2 Å². The van der Waals surface area contributed by atoms with Crippen molar-refractivity contribution in [1.29, 1.82) is 0 Å². The van der Waals surface area contributed by atoms with Crippen LogP contribution >= 0.6 is 11.3 Å². The molecule has 0 radical (unpaired) electrons. The van der Waals surface area contributed by atoms with Crippen LogP contribution in [0.5, 0.6) is 0 Å². The molecule has 4 aromatic heterocycles. The van der Waals surface area contributed by atoms with Gasteiger partial charge in [-0.15, -0.1) is 21.5 Å². The van der Waals surface area contributed by atoms with Crippen LogP contribution in [0, 0.1) is 6.92 Å². The molecule has 4 heterocycles. The normalized spacial score (nSPS) is 11.2. The third-order valence-electron chi connectivity index (χ3n) is 4.59. The van der Waals surface area contributed by atoms with Gasteiger partial charge < -0.3 is 4.90 Å². The van der Waals surface area contributed by atoms with E-state index in [9.17, 15) is 0 Å². The Balaban J connectivity index is 1.51. The average Bonchev–Trinajstić information content (AvgIpc) is 3.47. The smallest absolute Gasteiger partial charge is 0.215 e. The summed E-state index contributed by atoms with van der Waals surface area (Å²) in [6, 6.07) is 14.4. The fraction of sp³-hybridized carbons (Fsp3) is 0.105. The van der Waals surface area contributed by atoms with Crippen molar-refractivity contribution in [3.05, 3.63) is 59.7 Å². The molecular formula is C19H16N8S. The van der Waals surface area contributed by atoms with Crippen LogP contribution in [0.2, 0.25) is 0 Å². The Kier molecular flexibility index (Phi) is 3.87. The van der Waals surface area contributed by atoms with Gasteiger partial charge in [-0.05, 0) is 41.3 Å². The van der Waals surface area contributed by atoms with Gasteiger partial charge in [0, 0.05) is 36.1 Å². The lowest BCUT2D eigenvalue weighted by molar-refractivity contribution is 0.881. The molecular weight excluding hydrogens is 372 g/mol. The fourth-order valence-corrected chi connectivity index (χ4v) is 4.07. The van der Waals surface area contributed by atoms with Crippen LogP contribution in [0.25, 0.3) is 27.5 Å². The molecule has 28 heavy (non-hydrogen) atoms. The van der Waals surface area contributed by atoms with Gasteiger partial charge in [0.05, 0.1) is 11.1 Å². The first kappa shape index (κ1) is 16.6. The summed E-state index contributed by atoms with van der Waals surface area (Å²) in [6.07, 6.45) is 1.76. The van der Waals surface area contributed by atoms with E-state index in [1.54, 1.807) is 17.5 Å². The Bertz CT molecular complexity index is 1240. The van der Waals surface area contributed by atoms with E-state index in [4.69, 9.17) is 0 Å². The second-order valence-electron chi connectivity index (χ2n) is 6.36.